The first-order valence-electron chi connectivity index (χ1n) is 6.53. The van der Waals surface area contributed by atoms with Gasteiger partial charge < -0.3 is 10.6 Å². The third-order valence-corrected chi connectivity index (χ3v) is 4.77. The third kappa shape index (κ3) is 2.45. The van der Waals surface area contributed by atoms with E-state index in [1.807, 2.05) is 10.3 Å². The molecule has 1 atom stereocenters. The molecule has 1 aliphatic rings. The molecule has 1 unspecified atom stereocenters. The summed E-state index contributed by atoms with van der Waals surface area (Å²) in [6.07, 6.45) is 1.01. The van der Waals surface area contributed by atoms with Gasteiger partial charge in [0.1, 0.15) is 0 Å². The molecule has 4 heteroatoms. The van der Waals surface area contributed by atoms with Crippen molar-refractivity contribution in [1.29, 1.82) is 0 Å². The van der Waals surface area contributed by atoms with Crippen LogP contribution in [0.3, 0.4) is 0 Å². The molecular formula is C14H22N2OS. The first-order valence-corrected chi connectivity index (χ1v) is 7.41. The predicted molar refractivity (Wildman–Crippen MR) is 76.1 cm³/mol. The van der Waals surface area contributed by atoms with Crippen molar-refractivity contribution in [3.63, 3.8) is 0 Å². The molecule has 1 fully saturated rings. The second kappa shape index (κ2) is 5.02. The van der Waals surface area contributed by atoms with Gasteiger partial charge >= 0.3 is 0 Å². The standard InChI is InChI=1S/C14H22N2OS/c1-10(2)11-4-7-18-12(11)13(17)16-6-5-14(3,8-15)9-16/h4,7,10H,5-6,8-9,15H2,1-3H3. The van der Waals surface area contributed by atoms with E-state index in [1.165, 1.54) is 5.56 Å². The fraction of sp³-hybridized carbons (Fsp3) is 0.643. The van der Waals surface area contributed by atoms with Crippen molar-refractivity contribution in [2.75, 3.05) is 19.6 Å². The summed E-state index contributed by atoms with van der Waals surface area (Å²) in [6, 6.07) is 2.07. The van der Waals surface area contributed by atoms with Crippen molar-refractivity contribution in [3.05, 3.63) is 21.9 Å². The van der Waals surface area contributed by atoms with Crippen LogP contribution in [-0.4, -0.2) is 30.4 Å². The number of hydrogen-bond donors (Lipinski definition) is 1. The second-order valence-electron chi connectivity index (χ2n) is 5.85. The predicted octanol–water partition coefficient (Wildman–Crippen LogP) is 2.68. The maximum Gasteiger partial charge on any atom is 0.264 e. The van der Waals surface area contributed by atoms with Gasteiger partial charge in [-0.3, -0.25) is 4.79 Å². The van der Waals surface area contributed by atoms with Gasteiger partial charge in [-0.25, -0.2) is 0 Å². The molecule has 1 amide bonds. The average molecular weight is 266 g/mol. The van der Waals surface area contributed by atoms with Gasteiger partial charge in [-0.15, -0.1) is 11.3 Å². The topological polar surface area (TPSA) is 46.3 Å². The largest absolute Gasteiger partial charge is 0.337 e. The van der Waals surface area contributed by atoms with Crippen LogP contribution >= 0.6 is 11.3 Å². The summed E-state index contributed by atoms with van der Waals surface area (Å²) in [5.41, 5.74) is 7.07. The van der Waals surface area contributed by atoms with E-state index in [0.717, 1.165) is 24.4 Å². The van der Waals surface area contributed by atoms with E-state index in [4.69, 9.17) is 5.73 Å². The summed E-state index contributed by atoms with van der Waals surface area (Å²) >= 11 is 1.56. The summed E-state index contributed by atoms with van der Waals surface area (Å²) in [5.74, 6) is 0.588. The second-order valence-corrected chi connectivity index (χ2v) is 6.77. The van der Waals surface area contributed by atoms with E-state index >= 15 is 0 Å². The Hall–Kier alpha value is -0.870. The molecule has 0 radical (unpaired) electrons. The molecule has 2 N–H and O–H groups in total. The summed E-state index contributed by atoms with van der Waals surface area (Å²) in [4.78, 5) is 15.4. The molecule has 1 aromatic heterocycles. The van der Waals surface area contributed by atoms with E-state index in [1.54, 1.807) is 11.3 Å². The highest BCUT2D eigenvalue weighted by atomic mass is 32.1. The lowest BCUT2D eigenvalue weighted by Crippen LogP contribution is -2.34. The lowest BCUT2D eigenvalue weighted by atomic mass is 9.90. The van der Waals surface area contributed by atoms with Crippen molar-refractivity contribution < 1.29 is 4.79 Å². The summed E-state index contributed by atoms with van der Waals surface area (Å²) < 4.78 is 0. The van der Waals surface area contributed by atoms with Crippen molar-refractivity contribution >= 4 is 17.2 Å². The number of nitrogens with zero attached hydrogens (tertiary/aromatic N) is 1. The quantitative estimate of drug-likeness (QED) is 0.914. The van der Waals surface area contributed by atoms with Crippen molar-refractivity contribution in [2.24, 2.45) is 11.1 Å². The van der Waals surface area contributed by atoms with Crippen LogP contribution < -0.4 is 5.73 Å². The fourth-order valence-electron chi connectivity index (χ4n) is 2.45. The van der Waals surface area contributed by atoms with Crippen LogP contribution in [0, 0.1) is 5.41 Å². The first-order chi connectivity index (χ1) is 8.47. The van der Waals surface area contributed by atoms with Crippen LogP contribution in [0.4, 0.5) is 0 Å². The minimum absolute atomic E-state index is 0.102. The number of likely N-dealkylation sites (tertiary alicyclic amines) is 1. The molecule has 0 spiro atoms. The number of hydrogen-bond acceptors (Lipinski definition) is 3. The molecular weight excluding hydrogens is 244 g/mol. The molecule has 0 aromatic carbocycles. The zero-order chi connectivity index (χ0) is 13.3. The Morgan fingerprint density at radius 2 is 2.33 bits per heavy atom. The van der Waals surface area contributed by atoms with Crippen LogP contribution in [0.1, 0.15) is 48.3 Å². The number of thiophene rings is 1. The number of rotatable bonds is 3. The molecule has 3 nitrogen and oxygen atoms in total. The van der Waals surface area contributed by atoms with Crippen LogP contribution in [0.25, 0.3) is 0 Å². The van der Waals surface area contributed by atoms with Crippen LogP contribution in [-0.2, 0) is 0 Å². The Morgan fingerprint density at radius 3 is 2.89 bits per heavy atom. The van der Waals surface area contributed by atoms with Gasteiger partial charge in [0.15, 0.2) is 0 Å². The van der Waals surface area contributed by atoms with E-state index in [9.17, 15) is 4.79 Å². The highest BCUT2D eigenvalue weighted by Crippen LogP contribution is 2.32. The van der Waals surface area contributed by atoms with E-state index < -0.39 is 0 Å². The molecule has 0 saturated carbocycles. The highest BCUT2D eigenvalue weighted by molar-refractivity contribution is 7.12. The van der Waals surface area contributed by atoms with E-state index in [-0.39, 0.29) is 11.3 Å². The van der Waals surface area contributed by atoms with Crippen LogP contribution in [0.5, 0.6) is 0 Å². The Balaban J connectivity index is 2.16. The van der Waals surface area contributed by atoms with Gasteiger partial charge in [0.05, 0.1) is 4.88 Å². The van der Waals surface area contributed by atoms with Crippen LogP contribution in [0.15, 0.2) is 11.4 Å². The van der Waals surface area contributed by atoms with E-state index in [0.29, 0.717) is 12.5 Å². The van der Waals surface area contributed by atoms with Gasteiger partial charge in [0.2, 0.25) is 0 Å². The fourth-order valence-corrected chi connectivity index (χ4v) is 3.48. The summed E-state index contributed by atoms with van der Waals surface area (Å²) in [5, 5.41) is 2.01. The van der Waals surface area contributed by atoms with Crippen molar-refractivity contribution in [3.8, 4) is 0 Å². The minimum atomic E-state index is 0.102. The number of amides is 1. The Labute approximate surface area is 113 Å². The van der Waals surface area contributed by atoms with E-state index in [2.05, 4.69) is 26.8 Å². The van der Waals surface area contributed by atoms with Crippen molar-refractivity contribution in [1.82, 2.24) is 4.90 Å². The molecule has 1 saturated heterocycles. The smallest absolute Gasteiger partial charge is 0.264 e. The molecule has 0 aliphatic carbocycles. The molecule has 100 valence electrons. The first kappa shape index (κ1) is 13.6. The number of carbonyl (C=O) groups is 1. The molecule has 1 aliphatic heterocycles. The van der Waals surface area contributed by atoms with Gasteiger partial charge in [0, 0.05) is 13.1 Å². The molecule has 2 heterocycles. The van der Waals surface area contributed by atoms with Gasteiger partial charge in [-0.1, -0.05) is 20.8 Å². The number of nitrogens with two attached hydrogens (primary N) is 1. The maximum absolute atomic E-state index is 12.5. The molecule has 18 heavy (non-hydrogen) atoms. The number of carbonyl (C=O) groups excluding carboxylic acids is 1. The lowest BCUT2D eigenvalue weighted by molar-refractivity contribution is 0.0780. The molecule has 1 aromatic rings. The Bertz CT molecular complexity index is 441. The van der Waals surface area contributed by atoms with Crippen molar-refractivity contribution in [2.45, 2.75) is 33.1 Å². The Morgan fingerprint density at radius 1 is 1.61 bits per heavy atom. The summed E-state index contributed by atoms with van der Waals surface area (Å²) in [7, 11) is 0. The van der Waals surface area contributed by atoms with Gasteiger partial charge in [-0.05, 0) is 41.3 Å². The average Bonchev–Trinajstić information content (AvgIpc) is 2.95. The zero-order valence-corrected chi connectivity index (χ0v) is 12.2. The third-order valence-electron chi connectivity index (χ3n) is 3.85. The monoisotopic (exact) mass is 266 g/mol. The van der Waals surface area contributed by atoms with Crippen LogP contribution in [0.2, 0.25) is 0 Å². The SMILES string of the molecule is CC(C)c1ccsc1C(=O)N1CCC(C)(CN)C1. The normalized spacial score (nSPS) is 23.9. The molecule has 2 rings (SSSR count). The molecule has 0 bridgehead atoms. The zero-order valence-electron chi connectivity index (χ0n) is 11.4. The lowest BCUT2D eigenvalue weighted by Gasteiger charge is -2.22. The highest BCUT2D eigenvalue weighted by Gasteiger charge is 2.36. The van der Waals surface area contributed by atoms with Gasteiger partial charge in [-0.2, -0.15) is 0 Å². The maximum atomic E-state index is 12.5. The van der Waals surface area contributed by atoms with Gasteiger partial charge in [0.25, 0.3) is 5.91 Å². The summed E-state index contributed by atoms with van der Waals surface area (Å²) in [6.45, 7) is 8.70. The Kier molecular flexibility index (Phi) is 3.78. The minimum Gasteiger partial charge on any atom is -0.337 e.